The van der Waals surface area contributed by atoms with E-state index in [0.717, 1.165) is 29.8 Å². The van der Waals surface area contributed by atoms with Crippen LogP contribution in [-0.4, -0.2) is 21.2 Å². The van der Waals surface area contributed by atoms with Crippen LogP contribution in [0.15, 0.2) is 65.1 Å². The normalized spacial score (nSPS) is 15.2. The molecule has 2 aliphatic heterocycles. The van der Waals surface area contributed by atoms with Crippen molar-refractivity contribution in [3.05, 3.63) is 100 Å². The van der Waals surface area contributed by atoms with Gasteiger partial charge in [-0.05, 0) is 99.8 Å². The highest BCUT2D eigenvalue weighted by Gasteiger charge is 2.40. The number of phenols is 2. The monoisotopic (exact) mass is 754 g/mol. The summed E-state index contributed by atoms with van der Waals surface area (Å²) in [5, 5.41) is 24.5. The van der Waals surface area contributed by atoms with Crippen LogP contribution in [-0.2, 0) is 30.1 Å². The Morgan fingerprint density at radius 3 is 1.63 bits per heavy atom. The van der Waals surface area contributed by atoms with Gasteiger partial charge in [-0.1, -0.05) is 26.0 Å². The number of oxazole rings is 1. The van der Waals surface area contributed by atoms with Crippen LogP contribution in [0, 0.1) is 13.8 Å². The number of alkyl halides is 6. The summed E-state index contributed by atoms with van der Waals surface area (Å²) in [6, 6.07) is 14.0. The van der Waals surface area contributed by atoms with Gasteiger partial charge in [0.2, 0.25) is 0 Å². The van der Waals surface area contributed by atoms with Gasteiger partial charge in [-0.3, -0.25) is 0 Å². The number of aromatic hydroxyl groups is 2. The first kappa shape index (κ1) is 38.6. The molecule has 0 saturated carbocycles. The second kappa shape index (κ2) is 13.3. The zero-order valence-electron chi connectivity index (χ0n) is 30.9. The molecule has 0 unspecified atom stereocenters. The van der Waals surface area contributed by atoms with Gasteiger partial charge in [0.05, 0.1) is 27.9 Å². The van der Waals surface area contributed by atoms with E-state index in [1.165, 1.54) is 18.2 Å². The lowest BCUT2D eigenvalue weighted by Gasteiger charge is -2.36. The number of rotatable bonds is 4. The second-order valence-electron chi connectivity index (χ2n) is 14.8. The summed E-state index contributed by atoms with van der Waals surface area (Å²) in [6.07, 6.45) is -8.89. The first-order chi connectivity index (χ1) is 25.0. The van der Waals surface area contributed by atoms with Crippen molar-refractivity contribution in [2.24, 2.45) is 0 Å². The van der Waals surface area contributed by atoms with Gasteiger partial charge in [-0.25, -0.2) is 4.98 Å². The molecule has 3 heterocycles. The summed E-state index contributed by atoms with van der Waals surface area (Å²) >= 11 is 0. The average molecular weight is 755 g/mol. The van der Waals surface area contributed by atoms with Gasteiger partial charge in [0.1, 0.15) is 34.2 Å². The number of hydrogen-bond donors (Lipinski definition) is 3. The maximum atomic E-state index is 13.2. The Balaban J connectivity index is 0.000000185. The molecule has 0 aliphatic carbocycles. The minimum atomic E-state index is -4.46. The van der Waals surface area contributed by atoms with Crippen molar-refractivity contribution in [1.82, 2.24) is 10.3 Å². The van der Waals surface area contributed by atoms with E-state index in [1.807, 2.05) is 19.9 Å². The molecule has 54 heavy (non-hydrogen) atoms. The van der Waals surface area contributed by atoms with Crippen LogP contribution >= 0.6 is 0 Å². The third-order valence-corrected chi connectivity index (χ3v) is 9.36. The van der Waals surface area contributed by atoms with Crippen molar-refractivity contribution in [1.29, 1.82) is 0 Å². The number of phenolic OH excluding ortho intramolecular Hbond substituents is 2. The van der Waals surface area contributed by atoms with Crippen molar-refractivity contribution >= 4 is 0 Å². The Kier molecular flexibility index (Phi) is 9.49. The van der Waals surface area contributed by atoms with Gasteiger partial charge in [-0.2, -0.15) is 26.3 Å². The van der Waals surface area contributed by atoms with Gasteiger partial charge in [0, 0.05) is 36.2 Å². The quantitative estimate of drug-likeness (QED) is 0.157. The van der Waals surface area contributed by atoms with E-state index in [2.05, 4.69) is 10.3 Å². The number of hydrogen-bond acceptors (Lipinski definition) is 7. The lowest BCUT2D eigenvalue weighted by molar-refractivity contribution is -0.138. The first-order valence-electron chi connectivity index (χ1n) is 17.2. The van der Waals surface area contributed by atoms with Gasteiger partial charge < -0.3 is 29.4 Å². The molecule has 5 aromatic rings. The third kappa shape index (κ3) is 7.33. The number of benzene rings is 4. The standard InChI is InChI=1S/C21H18F3NO3.C20H22F3NO2/c1-10-19(27-11(2)25-10)12-7-16(26)18-14-6-5-13(21(22,23)24)9-15(14)20(3,4)28-17(18)8-12;1-11(2)24-10-12-7-16(25)18-14-6-5-13(20(21,22)23)9-15(14)19(3,4)26-17(18)8-12/h5-9,26H,1-4H3;5-9,11,24-25H,10H2,1-4H3. The number of halogens is 6. The van der Waals surface area contributed by atoms with E-state index >= 15 is 0 Å². The molecule has 0 spiro atoms. The molecule has 7 rings (SSSR count). The fraction of sp³-hybridized carbons (Fsp3) is 0.341. The SMILES string of the molecule is CC(C)NCc1cc(O)c2c(c1)OC(C)(C)c1cc(C(F)(F)F)ccc1-2.Cc1nc(C)c(-c2cc(O)c3c(c2)OC(C)(C)c2cc(C(F)(F)F)ccc2-3)o1. The molecule has 7 nitrogen and oxygen atoms in total. The maximum absolute atomic E-state index is 13.2. The van der Waals surface area contributed by atoms with Gasteiger partial charge >= 0.3 is 12.4 Å². The molecular formula is C41H40F6N2O5. The van der Waals surface area contributed by atoms with Crippen LogP contribution in [0.2, 0.25) is 0 Å². The summed E-state index contributed by atoms with van der Waals surface area (Å²) in [5.41, 5.74) is 1.29. The Bertz CT molecular complexity index is 2250. The lowest BCUT2D eigenvalue weighted by atomic mass is 9.84. The molecule has 4 aromatic carbocycles. The summed E-state index contributed by atoms with van der Waals surface area (Å²) in [5.74, 6) is 1.76. The molecule has 0 amide bonds. The van der Waals surface area contributed by atoms with E-state index in [-0.39, 0.29) is 17.5 Å². The lowest BCUT2D eigenvalue weighted by Crippen LogP contribution is -2.30. The molecule has 1 aromatic heterocycles. The number of aromatic nitrogens is 1. The third-order valence-electron chi connectivity index (χ3n) is 9.36. The molecule has 0 bridgehead atoms. The summed E-state index contributed by atoms with van der Waals surface area (Å²) in [7, 11) is 0. The number of nitrogens with one attached hydrogen (secondary N) is 1. The highest BCUT2D eigenvalue weighted by molar-refractivity contribution is 5.85. The number of nitrogens with zero attached hydrogens (tertiary/aromatic N) is 1. The van der Waals surface area contributed by atoms with Crippen molar-refractivity contribution in [2.45, 2.75) is 91.5 Å². The molecule has 0 atom stereocenters. The molecule has 13 heteroatoms. The average Bonchev–Trinajstić information content (AvgIpc) is 3.39. The van der Waals surface area contributed by atoms with E-state index in [1.54, 1.807) is 53.7 Å². The molecule has 286 valence electrons. The topological polar surface area (TPSA) is 97.0 Å². The van der Waals surface area contributed by atoms with E-state index in [9.17, 15) is 36.6 Å². The van der Waals surface area contributed by atoms with Gasteiger partial charge in [0.15, 0.2) is 11.7 Å². The highest BCUT2D eigenvalue weighted by Crippen LogP contribution is 2.53. The largest absolute Gasteiger partial charge is 0.507 e. The van der Waals surface area contributed by atoms with E-state index < -0.39 is 34.7 Å². The van der Waals surface area contributed by atoms with Crippen LogP contribution in [0.5, 0.6) is 23.0 Å². The van der Waals surface area contributed by atoms with Crippen LogP contribution in [0.25, 0.3) is 33.6 Å². The van der Waals surface area contributed by atoms with Crippen molar-refractivity contribution in [3.8, 4) is 56.6 Å². The van der Waals surface area contributed by atoms with Crippen molar-refractivity contribution in [2.75, 3.05) is 0 Å². The molecule has 0 saturated heterocycles. The smallest absolute Gasteiger partial charge is 0.416 e. The highest BCUT2D eigenvalue weighted by atomic mass is 19.4. The predicted molar refractivity (Wildman–Crippen MR) is 191 cm³/mol. The fourth-order valence-electron chi connectivity index (χ4n) is 6.85. The maximum Gasteiger partial charge on any atom is 0.416 e. The molecule has 3 N–H and O–H groups in total. The zero-order chi connectivity index (χ0) is 39.7. The Hall–Kier alpha value is -5.17. The fourth-order valence-corrected chi connectivity index (χ4v) is 6.85. The minimum absolute atomic E-state index is 0.000403. The predicted octanol–water partition coefficient (Wildman–Crippen LogP) is 11.2. The molecule has 0 fully saturated rings. The Morgan fingerprint density at radius 2 is 1.19 bits per heavy atom. The zero-order valence-corrected chi connectivity index (χ0v) is 30.9. The first-order valence-corrected chi connectivity index (χ1v) is 17.2. The summed E-state index contributed by atoms with van der Waals surface area (Å²) in [4.78, 5) is 4.23. The molecule has 0 radical (unpaired) electrons. The second-order valence-corrected chi connectivity index (χ2v) is 14.8. The Labute approximate surface area is 308 Å². The van der Waals surface area contributed by atoms with Crippen LogP contribution in [0.4, 0.5) is 26.3 Å². The van der Waals surface area contributed by atoms with Gasteiger partial charge in [0.25, 0.3) is 0 Å². The number of ether oxygens (including phenoxy) is 2. The summed E-state index contributed by atoms with van der Waals surface area (Å²) in [6.45, 7) is 15.0. The summed E-state index contributed by atoms with van der Waals surface area (Å²) < 4.78 is 96.4. The number of aryl methyl sites for hydroxylation is 2. The molecule has 2 aliphatic rings. The molecular weight excluding hydrogens is 714 g/mol. The van der Waals surface area contributed by atoms with E-state index in [4.69, 9.17) is 13.9 Å². The van der Waals surface area contributed by atoms with Crippen molar-refractivity contribution < 1.29 is 50.4 Å². The van der Waals surface area contributed by atoms with Crippen LogP contribution in [0.1, 0.15) is 80.9 Å². The van der Waals surface area contributed by atoms with Crippen LogP contribution < -0.4 is 14.8 Å². The Morgan fingerprint density at radius 1 is 0.704 bits per heavy atom. The van der Waals surface area contributed by atoms with Gasteiger partial charge in [-0.15, -0.1) is 0 Å². The minimum Gasteiger partial charge on any atom is -0.507 e. The van der Waals surface area contributed by atoms with E-state index in [0.29, 0.717) is 74.3 Å². The van der Waals surface area contributed by atoms with Crippen molar-refractivity contribution in [3.63, 3.8) is 0 Å². The number of fused-ring (bicyclic) bond motifs is 6. The van der Waals surface area contributed by atoms with Crippen LogP contribution in [0.3, 0.4) is 0 Å².